The number of pyridine rings is 1. The van der Waals surface area contributed by atoms with Gasteiger partial charge in [-0.15, -0.1) is 11.3 Å². The van der Waals surface area contributed by atoms with Gasteiger partial charge in [0, 0.05) is 37.5 Å². The lowest BCUT2D eigenvalue weighted by Crippen LogP contribution is -2.35. The van der Waals surface area contributed by atoms with Gasteiger partial charge in [0.2, 0.25) is 0 Å². The van der Waals surface area contributed by atoms with Crippen molar-refractivity contribution in [1.29, 1.82) is 0 Å². The van der Waals surface area contributed by atoms with Gasteiger partial charge in [0.15, 0.2) is 0 Å². The molecule has 1 atom stereocenters. The van der Waals surface area contributed by atoms with Gasteiger partial charge in [-0.2, -0.15) is 0 Å². The minimum atomic E-state index is -0.872. The van der Waals surface area contributed by atoms with E-state index in [0.29, 0.717) is 28.7 Å². The molecular weight excluding hydrogens is 466 g/mol. The van der Waals surface area contributed by atoms with Crippen molar-refractivity contribution in [2.45, 2.75) is 19.4 Å². The molecule has 0 aliphatic rings. The minimum absolute atomic E-state index is 0.0364. The number of aliphatic hydroxyl groups is 1. The Bertz CT molecular complexity index is 1280. The summed E-state index contributed by atoms with van der Waals surface area (Å²) < 4.78 is 10.8. The van der Waals surface area contributed by atoms with Gasteiger partial charge in [-0.3, -0.25) is 9.78 Å². The molecule has 1 aromatic carbocycles. The summed E-state index contributed by atoms with van der Waals surface area (Å²) in [5.41, 5.74) is 1.78. The van der Waals surface area contributed by atoms with Crippen molar-refractivity contribution in [1.82, 2.24) is 20.3 Å². The van der Waals surface area contributed by atoms with Crippen LogP contribution in [0.3, 0.4) is 0 Å². The van der Waals surface area contributed by atoms with E-state index in [2.05, 4.69) is 25.6 Å². The van der Waals surface area contributed by atoms with Gasteiger partial charge in [-0.25, -0.2) is 9.97 Å². The fourth-order valence-corrected chi connectivity index (χ4v) is 4.58. The molecule has 0 fully saturated rings. The number of thiophene rings is 1. The Balaban J connectivity index is 1.35. The van der Waals surface area contributed by atoms with Crippen molar-refractivity contribution >= 4 is 33.3 Å². The molecule has 4 rings (SSSR count). The number of aryl methyl sites for hydroxylation is 1. The van der Waals surface area contributed by atoms with Gasteiger partial charge in [0.25, 0.3) is 5.91 Å². The number of carbonyl (C=O) groups excluding carboxylic acids is 1. The zero-order valence-corrected chi connectivity index (χ0v) is 20.3. The predicted octanol–water partition coefficient (Wildman–Crippen LogP) is 3.23. The van der Waals surface area contributed by atoms with E-state index in [1.54, 1.807) is 31.5 Å². The number of aliphatic hydroxyl groups excluding tert-OH is 1. The zero-order valence-electron chi connectivity index (χ0n) is 19.5. The van der Waals surface area contributed by atoms with Gasteiger partial charge in [-0.1, -0.05) is 12.1 Å². The summed E-state index contributed by atoms with van der Waals surface area (Å²) >= 11 is 1.30. The van der Waals surface area contributed by atoms with Crippen molar-refractivity contribution in [3.63, 3.8) is 0 Å². The van der Waals surface area contributed by atoms with E-state index in [9.17, 15) is 9.90 Å². The summed E-state index contributed by atoms with van der Waals surface area (Å²) in [6, 6.07) is 12.9. The monoisotopic (exact) mass is 493 g/mol. The second-order valence-corrected chi connectivity index (χ2v) is 8.81. The third kappa shape index (κ3) is 6.23. The maximum absolute atomic E-state index is 12.9. The van der Waals surface area contributed by atoms with E-state index in [-0.39, 0.29) is 19.1 Å². The number of anilines is 1. The molecule has 3 N–H and O–H groups in total. The van der Waals surface area contributed by atoms with E-state index in [4.69, 9.17) is 9.47 Å². The number of carbonyl (C=O) groups is 1. The van der Waals surface area contributed by atoms with E-state index < -0.39 is 6.10 Å². The summed E-state index contributed by atoms with van der Waals surface area (Å²) in [7, 11) is 1.58. The van der Waals surface area contributed by atoms with E-state index in [0.717, 1.165) is 27.9 Å². The number of benzene rings is 1. The highest BCUT2D eigenvalue weighted by Crippen LogP contribution is 2.33. The van der Waals surface area contributed by atoms with Crippen molar-refractivity contribution in [3.05, 3.63) is 71.1 Å². The lowest BCUT2D eigenvalue weighted by Gasteiger charge is -2.13. The third-order valence-corrected chi connectivity index (χ3v) is 6.51. The van der Waals surface area contributed by atoms with E-state index in [1.165, 1.54) is 17.7 Å². The van der Waals surface area contributed by atoms with Gasteiger partial charge in [-0.05, 0) is 36.8 Å². The van der Waals surface area contributed by atoms with Crippen molar-refractivity contribution < 1.29 is 19.4 Å². The van der Waals surface area contributed by atoms with Crippen LogP contribution in [0.5, 0.6) is 11.5 Å². The maximum Gasteiger partial charge on any atom is 0.261 e. The molecule has 10 heteroatoms. The number of hydrogen-bond donors (Lipinski definition) is 3. The molecule has 182 valence electrons. The number of rotatable bonds is 11. The summed E-state index contributed by atoms with van der Waals surface area (Å²) in [5.74, 6) is 1.66. The van der Waals surface area contributed by atoms with Crippen LogP contribution in [0.15, 0.2) is 55.0 Å². The van der Waals surface area contributed by atoms with Gasteiger partial charge < -0.3 is 25.2 Å². The molecule has 0 aliphatic carbocycles. The predicted molar refractivity (Wildman–Crippen MR) is 135 cm³/mol. The number of ether oxygens (including phenoxy) is 2. The lowest BCUT2D eigenvalue weighted by molar-refractivity contribution is 0.0846. The topological polar surface area (TPSA) is 118 Å². The van der Waals surface area contributed by atoms with Crippen LogP contribution in [-0.2, 0) is 6.42 Å². The molecule has 9 nitrogen and oxygen atoms in total. The number of amides is 1. The molecule has 0 aliphatic heterocycles. The SMILES string of the molecule is COc1cccc(OC[C@H](O)CNC(=O)c2sc3ncnc(NCCc4ccccn4)c3c2C)c1. The van der Waals surface area contributed by atoms with Gasteiger partial charge >= 0.3 is 0 Å². The molecule has 4 aromatic rings. The second kappa shape index (κ2) is 11.6. The number of nitrogens with zero attached hydrogens (tertiary/aromatic N) is 3. The average Bonchev–Trinajstić information content (AvgIpc) is 3.24. The normalized spacial score (nSPS) is 11.7. The van der Waals surface area contributed by atoms with Crippen LogP contribution in [0.1, 0.15) is 20.9 Å². The van der Waals surface area contributed by atoms with E-state index >= 15 is 0 Å². The fraction of sp³-hybridized carbons (Fsp3) is 0.280. The average molecular weight is 494 g/mol. The van der Waals surface area contributed by atoms with Crippen LogP contribution in [0.2, 0.25) is 0 Å². The fourth-order valence-electron chi connectivity index (χ4n) is 3.51. The molecule has 0 spiro atoms. The molecule has 3 heterocycles. The minimum Gasteiger partial charge on any atom is -0.497 e. The largest absolute Gasteiger partial charge is 0.497 e. The quantitative estimate of drug-likeness (QED) is 0.291. The van der Waals surface area contributed by atoms with E-state index in [1.807, 2.05) is 31.2 Å². The smallest absolute Gasteiger partial charge is 0.261 e. The summed E-state index contributed by atoms with van der Waals surface area (Å²) in [6.07, 6.45) is 3.14. The highest BCUT2D eigenvalue weighted by Gasteiger charge is 2.20. The van der Waals surface area contributed by atoms with Crippen molar-refractivity contribution in [2.24, 2.45) is 0 Å². The molecule has 35 heavy (non-hydrogen) atoms. The molecule has 0 unspecified atom stereocenters. The Morgan fingerprint density at radius 3 is 2.80 bits per heavy atom. The first-order chi connectivity index (χ1) is 17.0. The van der Waals surface area contributed by atoms with Crippen LogP contribution >= 0.6 is 11.3 Å². The summed E-state index contributed by atoms with van der Waals surface area (Å²) in [6.45, 7) is 2.62. The Kier molecular flexibility index (Phi) is 8.07. The molecule has 0 radical (unpaired) electrons. The number of fused-ring (bicyclic) bond motifs is 1. The number of nitrogens with one attached hydrogen (secondary N) is 2. The highest BCUT2D eigenvalue weighted by atomic mass is 32.1. The zero-order chi connectivity index (χ0) is 24.6. The van der Waals surface area contributed by atoms with Gasteiger partial charge in [0.05, 0.1) is 17.4 Å². The molecule has 0 saturated carbocycles. The molecule has 3 aromatic heterocycles. The first-order valence-corrected chi connectivity index (χ1v) is 12.0. The standard InChI is InChI=1S/C25H27N5O4S/c1-16-21-23(27-11-9-17-6-3-4-10-26-17)29-15-30-25(21)35-22(16)24(32)28-13-18(31)14-34-20-8-5-7-19(12-20)33-2/h3-8,10,12,15,18,31H,9,11,13-14H2,1-2H3,(H,28,32)(H,27,29,30)/t18-/m1/s1. The molecule has 0 saturated heterocycles. The van der Waals surface area contributed by atoms with Crippen LogP contribution in [0.25, 0.3) is 10.2 Å². The number of methoxy groups -OCH3 is 1. The summed E-state index contributed by atoms with van der Waals surface area (Å²) in [5, 5.41) is 17.2. The van der Waals surface area contributed by atoms with Crippen LogP contribution in [-0.4, -0.2) is 58.9 Å². The van der Waals surface area contributed by atoms with Gasteiger partial charge in [0.1, 0.15) is 41.2 Å². The first kappa shape index (κ1) is 24.4. The van der Waals surface area contributed by atoms with Crippen LogP contribution in [0.4, 0.5) is 5.82 Å². The van der Waals surface area contributed by atoms with Crippen molar-refractivity contribution in [3.8, 4) is 11.5 Å². The Hall–Kier alpha value is -3.76. The second-order valence-electron chi connectivity index (χ2n) is 7.81. The van der Waals surface area contributed by atoms with Crippen LogP contribution in [0, 0.1) is 6.92 Å². The number of aromatic nitrogens is 3. The van der Waals surface area contributed by atoms with Crippen LogP contribution < -0.4 is 20.1 Å². The Morgan fingerprint density at radius 1 is 1.14 bits per heavy atom. The molecular formula is C25H27N5O4S. The maximum atomic E-state index is 12.9. The summed E-state index contributed by atoms with van der Waals surface area (Å²) in [4.78, 5) is 27.2. The molecule has 0 bridgehead atoms. The lowest BCUT2D eigenvalue weighted by atomic mass is 10.2. The Morgan fingerprint density at radius 2 is 2.00 bits per heavy atom. The Labute approximate surface area is 207 Å². The highest BCUT2D eigenvalue weighted by molar-refractivity contribution is 7.20. The third-order valence-electron chi connectivity index (χ3n) is 5.31. The first-order valence-electron chi connectivity index (χ1n) is 11.2. The molecule has 1 amide bonds. The number of hydrogen-bond acceptors (Lipinski definition) is 9. The van der Waals surface area contributed by atoms with Crippen molar-refractivity contribution in [2.75, 3.05) is 32.1 Å².